The SMILES string of the molecule is COC1(CN2C(=O)C(C(C)C)NC2CC(C)C)CCC1. The van der Waals surface area contributed by atoms with Crippen molar-refractivity contribution >= 4 is 5.91 Å². The molecule has 1 saturated heterocycles. The summed E-state index contributed by atoms with van der Waals surface area (Å²) in [5, 5.41) is 3.54. The number of carbonyl (C=O) groups excluding carboxylic acids is 1. The molecule has 1 N–H and O–H groups in total. The molecule has 20 heavy (non-hydrogen) atoms. The largest absolute Gasteiger partial charge is 0.376 e. The molecule has 1 aliphatic heterocycles. The number of carbonyl (C=O) groups is 1. The van der Waals surface area contributed by atoms with Gasteiger partial charge in [0, 0.05) is 7.11 Å². The van der Waals surface area contributed by atoms with Gasteiger partial charge in [0.25, 0.3) is 0 Å². The van der Waals surface area contributed by atoms with Crippen molar-refractivity contribution in [3.05, 3.63) is 0 Å². The average molecular weight is 282 g/mol. The van der Waals surface area contributed by atoms with E-state index in [9.17, 15) is 4.79 Å². The summed E-state index contributed by atoms with van der Waals surface area (Å²) in [6, 6.07) is -0.0345. The van der Waals surface area contributed by atoms with Crippen molar-refractivity contribution in [2.45, 2.75) is 71.2 Å². The van der Waals surface area contributed by atoms with Crippen molar-refractivity contribution in [3.63, 3.8) is 0 Å². The van der Waals surface area contributed by atoms with Gasteiger partial charge >= 0.3 is 0 Å². The summed E-state index contributed by atoms with van der Waals surface area (Å²) >= 11 is 0. The monoisotopic (exact) mass is 282 g/mol. The molecule has 1 heterocycles. The van der Waals surface area contributed by atoms with Crippen LogP contribution in [0, 0.1) is 11.8 Å². The van der Waals surface area contributed by atoms with Gasteiger partial charge in [-0.05, 0) is 37.5 Å². The zero-order valence-electron chi connectivity index (χ0n) is 13.6. The lowest BCUT2D eigenvalue weighted by molar-refractivity contribution is -0.141. The predicted molar refractivity (Wildman–Crippen MR) is 80.3 cm³/mol. The molecule has 4 heteroatoms. The number of methoxy groups -OCH3 is 1. The molecule has 0 spiro atoms. The number of amides is 1. The molecule has 2 fully saturated rings. The second-order valence-corrected chi connectivity index (χ2v) is 7.24. The van der Waals surface area contributed by atoms with E-state index in [4.69, 9.17) is 4.74 Å². The van der Waals surface area contributed by atoms with Gasteiger partial charge in [0.05, 0.1) is 24.4 Å². The third-order valence-corrected chi connectivity index (χ3v) is 4.81. The first-order chi connectivity index (χ1) is 9.38. The molecule has 2 aliphatic rings. The molecule has 2 rings (SSSR count). The van der Waals surface area contributed by atoms with E-state index in [0.29, 0.717) is 11.8 Å². The van der Waals surface area contributed by atoms with Crippen molar-refractivity contribution < 1.29 is 9.53 Å². The second kappa shape index (κ2) is 6.02. The quantitative estimate of drug-likeness (QED) is 0.813. The molecule has 1 saturated carbocycles. The maximum Gasteiger partial charge on any atom is 0.241 e. The summed E-state index contributed by atoms with van der Waals surface area (Å²) < 4.78 is 5.71. The van der Waals surface area contributed by atoms with Crippen LogP contribution in [-0.2, 0) is 9.53 Å². The first-order valence-corrected chi connectivity index (χ1v) is 8.00. The topological polar surface area (TPSA) is 41.6 Å². The summed E-state index contributed by atoms with van der Waals surface area (Å²) in [7, 11) is 1.78. The molecule has 1 amide bonds. The number of rotatable bonds is 6. The van der Waals surface area contributed by atoms with Gasteiger partial charge in [-0.2, -0.15) is 0 Å². The van der Waals surface area contributed by atoms with E-state index in [1.165, 1.54) is 6.42 Å². The fourth-order valence-corrected chi connectivity index (χ4v) is 3.32. The smallest absolute Gasteiger partial charge is 0.241 e. The molecular formula is C16H30N2O2. The van der Waals surface area contributed by atoms with Gasteiger partial charge in [0.2, 0.25) is 5.91 Å². The summed E-state index contributed by atoms with van der Waals surface area (Å²) in [6.45, 7) is 9.39. The van der Waals surface area contributed by atoms with Crippen LogP contribution in [0.3, 0.4) is 0 Å². The van der Waals surface area contributed by atoms with Crippen LogP contribution in [-0.4, -0.2) is 42.3 Å². The first kappa shape index (κ1) is 15.8. The fraction of sp³-hybridized carbons (Fsp3) is 0.938. The highest BCUT2D eigenvalue weighted by molar-refractivity contribution is 5.84. The van der Waals surface area contributed by atoms with Crippen LogP contribution < -0.4 is 5.32 Å². The molecule has 4 nitrogen and oxygen atoms in total. The van der Waals surface area contributed by atoms with E-state index < -0.39 is 0 Å². The Bertz CT molecular complexity index is 345. The van der Waals surface area contributed by atoms with Gasteiger partial charge in [0.1, 0.15) is 0 Å². The van der Waals surface area contributed by atoms with Gasteiger partial charge in [-0.3, -0.25) is 10.1 Å². The minimum atomic E-state index is -0.0849. The Kier molecular flexibility index (Phi) is 4.75. The van der Waals surface area contributed by atoms with Gasteiger partial charge in [-0.1, -0.05) is 27.7 Å². The molecule has 2 atom stereocenters. The van der Waals surface area contributed by atoms with E-state index in [2.05, 4.69) is 33.0 Å². The Balaban J connectivity index is 2.10. The second-order valence-electron chi connectivity index (χ2n) is 7.24. The Morgan fingerprint density at radius 1 is 1.35 bits per heavy atom. The zero-order chi connectivity index (χ0) is 14.9. The van der Waals surface area contributed by atoms with E-state index >= 15 is 0 Å². The Morgan fingerprint density at radius 2 is 2.00 bits per heavy atom. The number of nitrogens with zero attached hydrogens (tertiary/aromatic N) is 1. The lowest BCUT2D eigenvalue weighted by Gasteiger charge is -2.44. The maximum atomic E-state index is 12.7. The molecule has 0 aromatic rings. The number of ether oxygens (including phenoxy) is 1. The van der Waals surface area contributed by atoms with Gasteiger partial charge in [-0.25, -0.2) is 0 Å². The van der Waals surface area contributed by atoms with Crippen molar-refractivity contribution in [2.75, 3.05) is 13.7 Å². The molecule has 0 radical (unpaired) electrons. The lowest BCUT2D eigenvalue weighted by Crippen LogP contribution is -2.53. The summed E-state index contributed by atoms with van der Waals surface area (Å²) in [5.74, 6) is 1.17. The average Bonchev–Trinajstić information content (AvgIpc) is 2.61. The van der Waals surface area contributed by atoms with Crippen LogP contribution in [0.5, 0.6) is 0 Å². The van der Waals surface area contributed by atoms with Crippen molar-refractivity contribution in [3.8, 4) is 0 Å². The number of hydrogen-bond acceptors (Lipinski definition) is 3. The van der Waals surface area contributed by atoms with Crippen LogP contribution in [0.4, 0.5) is 0 Å². The van der Waals surface area contributed by atoms with E-state index in [0.717, 1.165) is 25.8 Å². The van der Waals surface area contributed by atoms with Crippen LogP contribution >= 0.6 is 0 Å². The van der Waals surface area contributed by atoms with Crippen molar-refractivity contribution in [2.24, 2.45) is 11.8 Å². The highest BCUT2D eigenvalue weighted by atomic mass is 16.5. The summed E-state index contributed by atoms with van der Waals surface area (Å²) in [5.41, 5.74) is -0.0849. The minimum absolute atomic E-state index is 0.0345. The standard InChI is InChI=1S/C16H30N2O2/c1-11(2)9-13-17-14(12(3)4)15(19)18(13)10-16(20-5)7-6-8-16/h11-14,17H,6-10H2,1-5H3. The van der Waals surface area contributed by atoms with Crippen molar-refractivity contribution in [1.29, 1.82) is 0 Å². The van der Waals surface area contributed by atoms with E-state index in [1.807, 2.05) is 4.90 Å². The molecule has 0 aromatic carbocycles. The van der Waals surface area contributed by atoms with E-state index in [1.54, 1.807) is 7.11 Å². The minimum Gasteiger partial charge on any atom is -0.376 e. The van der Waals surface area contributed by atoms with Crippen LogP contribution in [0.15, 0.2) is 0 Å². The summed E-state index contributed by atoms with van der Waals surface area (Å²) in [6.07, 6.45) is 4.55. The highest BCUT2D eigenvalue weighted by Gasteiger charge is 2.46. The van der Waals surface area contributed by atoms with Gasteiger partial charge < -0.3 is 9.64 Å². The lowest BCUT2D eigenvalue weighted by atomic mass is 9.79. The third-order valence-electron chi connectivity index (χ3n) is 4.81. The molecular weight excluding hydrogens is 252 g/mol. The molecule has 1 aliphatic carbocycles. The molecule has 116 valence electrons. The van der Waals surface area contributed by atoms with Crippen LogP contribution in [0.1, 0.15) is 53.4 Å². The van der Waals surface area contributed by atoms with Gasteiger partial charge in [0.15, 0.2) is 0 Å². The Labute approximate surface area is 123 Å². The summed E-state index contributed by atoms with van der Waals surface area (Å²) in [4.78, 5) is 14.7. The Hall–Kier alpha value is -0.610. The normalized spacial score (nSPS) is 29.4. The number of hydrogen-bond donors (Lipinski definition) is 1. The number of nitrogens with one attached hydrogen (secondary N) is 1. The zero-order valence-corrected chi connectivity index (χ0v) is 13.6. The molecule has 0 aromatic heterocycles. The first-order valence-electron chi connectivity index (χ1n) is 8.00. The molecule has 2 unspecified atom stereocenters. The van der Waals surface area contributed by atoms with Crippen molar-refractivity contribution in [1.82, 2.24) is 10.2 Å². The van der Waals surface area contributed by atoms with E-state index in [-0.39, 0.29) is 23.7 Å². The Morgan fingerprint density at radius 3 is 2.40 bits per heavy atom. The van der Waals surface area contributed by atoms with Gasteiger partial charge in [-0.15, -0.1) is 0 Å². The predicted octanol–water partition coefficient (Wildman–Crippen LogP) is 2.38. The maximum absolute atomic E-state index is 12.7. The highest BCUT2D eigenvalue weighted by Crippen LogP contribution is 2.37. The van der Waals surface area contributed by atoms with Crippen LogP contribution in [0.25, 0.3) is 0 Å². The third kappa shape index (κ3) is 3.01. The fourth-order valence-electron chi connectivity index (χ4n) is 3.32. The molecule has 0 bridgehead atoms. The van der Waals surface area contributed by atoms with Crippen LogP contribution in [0.2, 0.25) is 0 Å².